The van der Waals surface area contributed by atoms with Crippen LogP contribution in [0.1, 0.15) is 25.8 Å². The molecule has 1 N–H and O–H groups in total. The molecule has 1 aliphatic rings. The molecule has 0 unspecified atom stereocenters. The third-order valence-corrected chi connectivity index (χ3v) is 7.81. The molecule has 1 aliphatic heterocycles. The van der Waals surface area contributed by atoms with E-state index in [0.717, 1.165) is 5.56 Å². The first-order valence-corrected chi connectivity index (χ1v) is 12.6. The monoisotopic (exact) mass is 473 g/mol. The van der Waals surface area contributed by atoms with Gasteiger partial charge in [0.15, 0.2) is 0 Å². The van der Waals surface area contributed by atoms with Crippen LogP contribution < -0.4 is 5.32 Å². The van der Waals surface area contributed by atoms with Crippen molar-refractivity contribution in [2.75, 3.05) is 26.2 Å². The Kier molecular flexibility index (Phi) is 8.46. The molecule has 1 heterocycles. The maximum Gasteiger partial charge on any atom is 0.408 e. The SMILES string of the molecule is CC[C@H](C)[C@H](NC(=O)OCc1ccccc1)C(=O)N1CCN(S(=O)(=O)c2ccccc2)CC1. The summed E-state index contributed by atoms with van der Waals surface area (Å²) in [5.74, 6) is -0.328. The molecular weight excluding hydrogens is 442 g/mol. The van der Waals surface area contributed by atoms with Crippen LogP contribution in [0.2, 0.25) is 0 Å². The fourth-order valence-electron chi connectivity index (χ4n) is 3.66. The van der Waals surface area contributed by atoms with E-state index in [1.807, 2.05) is 44.2 Å². The highest BCUT2D eigenvalue weighted by atomic mass is 32.2. The summed E-state index contributed by atoms with van der Waals surface area (Å²) >= 11 is 0. The first kappa shape index (κ1) is 24.7. The zero-order valence-corrected chi connectivity index (χ0v) is 19.8. The lowest BCUT2D eigenvalue weighted by atomic mass is 9.97. The van der Waals surface area contributed by atoms with E-state index in [9.17, 15) is 18.0 Å². The van der Waals surface area contributed by atoms with Crippen LogP contribution in [0.4, 0.5) is 4.79 Å². The van der Waals surface area contributed by atoms with Crippen molar-refractivity contribution < 1.29 is 22.7 Å². The first-order chi connectivity index (χ1) is 15.8. The van der Waals surface area contributed by atoms with Crippen LogP contribution in [-0.4, -0.2) is 61.8 Å². The van der Waals surface area contributed by atoms with Crippen LogP contribution >= 0.6 is 0 Å². The van der Waals surface area contributed by atoms with Gasteiger partial charge in [-0.25, -0.2) is 13.2 Å². The topological polar surface area (TPSA) is 96.0 Å². The second-order valence-electron chi connectivity index (χ2n) is 8.11. The maximum absolute atomic E-state index is 13.2. The van der Waals surface area contributed by atoms with Crippen molar-refractivity contribution in [2.45, 2.75) is 37.8 Å². The highest BCUT2D eigenvalue weighted by Crippen LogP contribution is 2.19. The predicted octanol–water partition coefficient (Wildman–Crippen LogP) is 2.86. The maximum atomic E-state index is 13.2. The van der Waals surface area contributed by atoms with Gasteiger partial charge in [0.1, 0.15) is 12.6 Å². The van der Waals surface area contributed by atoms with E-state index in [1.54, 1.807) is 35.2 Å². The summed E-state index contributed by atoms with van der Waals surface area (Å²) in [6, 6.07) is 16.8. The molecule has 0 spiro atoms. The largest absolute Gasteiger partial charge is 0.445 e. The smallest absolute Gasteiger partial charge is 0.408 e. The molecule has 0 radical (unpaired) electrons. The van der Waals surface area contributed by atoms with Crippen molar-refractivity contribution >= 4 is 22.0 Å². The molecule has 0 bridgehead atoms. The van der Waals surface area contributed by atoms with Crippen molar-refractivity contribution in [1.82, 2.24) is 14.5 Å². The Hall–Kier alpha value is -2.91. The van der Waals surface area contributed by atoms with Crippen LogP contribution in [0.15, 0.2) is 65.6 Å². The average Bonchev–Trinajstić information content (AvgIpc) is 2.86. The average molecular weight is 474 g/mol. The molecule has 1 saturated heterocycles. The molecule has 0 saturated carbocycles. The third-order valence-electron chi connectivity index (χ3n) is 5.90. The van der Waals surface area contributed by atoms with E-state index >= 15 is 0 Å². The van der Waals surface area contributed by atoms with Crippen molar-refractivity contribution in [3.63, 3.8) is 0 Å². The van der Waals surface area contributed by atoms with Crippen LogP contribution in [-0.2, 0) is 26.2 Å². The summed E-state index contributed by atoms with van der Waals surface area (Å²) in [7, 11) is -3.60. The fourth-order valence-corrected chi connectivity index (χ4v) is 5.11. The second kappa shape index (κ2) is 11.3. The van der Waals surface area contributed by atoms with Gasteiger partial charge in [0, 0.05) is 26.2 Å². The zero-order chi connectivity index (χ0) is 23.8. The Morgan fingerprint density at radius 2 is 1.55 bits per heavy atom. The Morgan fingerprint density at radius 1 is 0.970 bits per heavy atom. The van der Waals surface area contributed by atoms with Crippen LogP contribution in [0.3, 0.4) is 0 Å². The van der Waals surface area contributed by atoms with Crippen LogP contribution in [0.5, 0.6) is 0 Å². The van der Waals surface area contributed by atoms with Gasteiger partial charge in [0.05, 0.1) is 4.90 Å². The summed E-state index contributed by atoms with van der Waals surface area (Å²) in [5, 5.41) is 2.72. The number of alkyl carbamates (subject to hydrolysis) is 1. The molecule has 2 aromatic rings. The van der Waals surface area contributed by atoms with Gasteiger partial charge in [-0.1, -0.05) is 68.8 Å². The summed E-state index contributed by atoms with van der Waals surface area (Å²) < 4.78 is 32.4. The number of nitrogens with one attached hydrogen (secondary N) is 1. The molecule has 8 nitrogen and oxygen atoms in total. The Morgan fingerprint density at radius 3 is 2.12 bits per heavy atom. The number of carbonyl (C=O) groups excluding carboxylic acids is 2. The number of carbonyl (C=O) groups is 2. The Balaban J connectivity index is 1.59. The van der Waals surface area contributed by atoms with Gasteiger partial charge in [-0.3, -0.25) is 4.79 Å². The summed E-state index contributed by atoms with van der Waals surface area (Å²) in [6.45, 7) is 4.90. The number of nitrogens with zero attached hydrogens (tertiary/aromatic N) is 2. The first-order valence-electron chi connectivity index (χ1n) is 11.1. The summed E-state index contributed by atoms with van der Waals surface area (Å²) in [6.07, 6.45) is 0.0420. The lowest BCUT2D eigenvalue weighted by Crippen LogP contribution is -2.57. The van der Waals surface area contributed by atoms with Gasteiger partial charge in [0.2, 0.25) is 15.9 Å². The number of benzene rings is 2. The minimum Gasteiger partial charge on any atom is -0.445 e. The minimum atomic E-state index is -3.60. The highest BCUT2D eigenvalue weighted by Gasteiger charge is 2.35. The van der Waals surface area contributed by atoms with Crippen molar-refractivity contribution in [3.8, 4) is 0 Å². The van der Waals surface area contributed by atoms with Crippen LogP contribution in [0.25, 0.3) is 0 Å². The molecule has 33 heavy (non-hydrogen) atoms. The Bertz CT molecular complexity index is 1020. The molecule has 1 fully saturated rings. The molecule has 2 atom stereocenters. The number of hydrogen-bond donors (Lipinski definition) is 1. The summed E-state index contributed by atoms with van der Waals surface area (Å²) in [5.41, 5.74) is 0.856. The minimum absolute atomic E-state index is 0.104. The summed E-state index contributed by atoms with van der Waals surface area (Å²) in [4.78, 5) is 27.5. The van der Waals surface area contributed by atoms with Gasteiger partial charge in [0.25, 0.3) is 0 Å². The van der Waals surface area contributed by atoms with E-state index in [-0.39, 0.29) is 49.5 Å². The lowest BCUT2D eigenvalue weighted by molar-refractivity contribution is -0.135. The molecule has 3 rings (SSSR count). The second-order valence-corrected chi connectivity index (χ2v) is 10.0. The molecule has 2 aromatic carbocycles. The molecular formula is C24H31N3O5S. The number of amides is 2. The van der Waals surface area contributed by atoms with E-state index in [0.29, 0.717) is 6.42 Å². The molecule has 2 amide bonds. The number of rotatable bonds is 8. The van der Waals surface area contributed by atoms with Gasteiger partial charge in [-0.2, -0.15) is 4.31 Å². The number of sulfonamides is 1. The van der Waals surface area contributed by atoms with Crippen molar-refractivity contribution in [3.05, 3.63) is 66.2 Å². The van der Waals surface area contributed by atoms with Crippen LogP contribution in [0, 0.1) is 5.92 Å². The lowest BCUT2D eigenvalue weighted by Gasteiger charge is -2.36. The standard InChI is InChI=1S/C24H31N3O5S/c1-3-19(2)22(25-24(29)32-18-20-10-6-4-7-11-20)23(28)26-14-16-27(17-15-26)33(30,31)21-12-8-5-9-13-21/h4-13,19,22H,3,14-18H2,1-2H3,(H,25,29)/t19-,22-/m0/s1. The van der Waals surface area contributed by atoms with Gasteiger partial charge in [-0.05, 0) is 23.6 Å². The van der Waals surface area contributed by atoms with E-state index in [1.165, 1.54) is 4.31 Å². The number of hydrogen-bond acceptors (Lipinski definition) is 5. The number of piperazine rings is 1. The highest BCUT2D eigenvalue weighted by molar-refractivity contribution is 7.89. The van der Waals surface area contributed by atoms with Gasteiger partial charge >= 0.3 is 6.09 Å². The third kappa shape index (κ3) is 6.33. The number of ether oxygens (including phenoxy) is 1. The molecule has 9 heteroatoms. The van der Waals surface area contributed by atoms with Crippen molar-refractivity contribution in [2.24, 2.45) is 5.92 Å². The van der Waals surface area contributed by atoms with E-state index < -0.39 is 22.2 Å². The molecule has 0 aromatic heterocycles. The Labute approximate surface area is 195 Å². The predicted molar refractivity (Wildman–Crippen MR) is 125 cm³/mol. The molecule has 0 aliphatic carbocycles. The van der Waals surface area contributed by atoms with Crippen molar-refractivity contribution in [1.29, 1.82) is 0 Å². The van der Waals surface area contributed by atoms with E-state index in [4.69, 9.17) is 4.74 Å². The van der Waals surface area contributed by atoms with Gasteiger partial charge in [-0.15, -0.1) is 0 Å². The van der Waals surface area contributed by atoms with Gasteiger partial charge < -0.3 is 15.0 Å². The normalized spacial score (nSPS) is 16.6. The quantitative estimate of drug-likeness (QED) is 0.636. The zero-order valence-electron chi connectivity index (χ0n) is 19.0. The fraction of sp³-hybridized carbons (Fsp3) is 0.417. The molecule has 178 valence electrons. The van der Waals surface area contributed by atoms with E-state index in [2.05, 4.69) is 5.32 Å².